The molecule has 2 amide bonds. The van der Waals surface area contributed by atoms with Gasteiger partial charge in [-0.1, -0.05) is 12.1 Å². The molecular weight excluding hydrogens is 406 g/mol. The summed E-state index contributed by atoms with van der Waals surface area (Å²) in [6, 6.07) is 8.16. The van der Waals surface area contributed by atoms with Gasteiger partial charge in [-0.25, -0.2) is 4.98 Å². The van der Waals surface area contributed by atoms with Crippen LogP contribution in [0.1, 0.15) is 44.7 Å². The molecule has 1 aliphatic rings. The lowest BCUT2D eigenvalue weighted by Crippen LogP contribution is -2.44. The van der Waals surface area contributed by atoms with Crippen molar-refractivity contribution < 1.29 is 9.59 Å². The fourth-order valence-corrected chi connectivity index (χ4v) is 4.39. The molecule has 0 bridgehead atoms. The molecule has 1 fully saturated rings. The lowest BCUT2D eigenvalue weighted by atomic mass is 9.94. The number of carbonyl (C=O) groups excluding carboxylic acids is 2. The highest BCUT2D eigenvalue weighted by molar-refractivity contribution is 6.40. The highest BCUT2D eigenvalue weighted by atomic mass is 16.2. The minimum atomic E-state index is -0.695. The number of nitrogens with two attached hydrogens (primary N) is 1. The van der Waals surface area contributed by atoms with Gasteiger partial charge >= 0.3 is 11.8 Å². The van der Waals surface area contributed by atoms with E-state index in [1.807, 2.05) is 12.1 Å². The van der Waals surface area contributed by atoms with Crippen molar-refractivity contribution >= 4 is 39.9 Å². The first-order valence-electron chi connectivity index (χ1n) is 11.1. The van der Waals surface area contributed by atoms with Crippen LogP contribution < -0.4 is 16.0 Å². The number of hydrogen-bond acceptors (Lipinski definition) is 6. The van der Waals surface area contributed by atoms with Gasteiger partial charge < -0.3 is 20.9 Å². The van der Waals surface area contributed by atoms with E-state index in [-0.39, 0.29) is 6.04 Å². The second-order valence-electron chi connectivity index (χ2n) is 7.95. The number of nitrogens with one attached hydrogen (secondary N) is 2. The van der Waals surface area contributed by atoms with Crippen LogP contribution in [0.15, 0.2) is 36.7 Å². The van der Waals surface area contributed by atoms with Crippen LogP contribution in [0, 0.1) is 0 Å². The summed E-state index contributed by atoms with van der Waals surface area (Å²) < 4.78 is 0. The van der Waals surface area contributed by atoms with Gasteiger partial charge in [0.05, 0.1) is 35.0 Å². The fourth-order valence-electron chi connectivity index (χ4n) is 4.39. The summed E-state index contributed by atoms with van der Waals surface area (Å²) in [4.78, 5) is 34.1. The number of aromatic amines is 1. The summed E-state index contributed by atoms with van der Waals surface area (Å²) in [7, 11) is 0. The third-order valence-electron chi connectivity index (χ3n) is 6.11. The second-order valence-corrected chi connectivity index (χ2v) is 7.95. The lowest BCUT2D eigenvalue weighted by Gasteiger charge is -2.36. The number of nitrogen functional groups attached to an aromatic ring is 1. The van der Waals surface area contributed by atoms with Crippen LogP contribution in [0.25, 0.3) is 10.9 Å². The number of piperidine rings is 1. The van der Waals surface area contributed by atoms with Crippen LogP contribution in [-0.4, -0.2) is 51.5 Å². The SMILES string of the molecule is CCN(CC)c1cccc([C@@H]2CCCCN2C(=O)C(=O)Nc2cnc(N)c3cn[nH]c23)c1. The van der Waals surface area contributed by atoms with E-state index in [1.54, 1.807) is 11.1 Å². The zero-order valence-corrected chi connectivity index (χ0v) is 18.5. The van der Waals surface area contributed by atoms with E-state index in [0.29, 0.717) is 29.0 Å². The van der Waals surface area contributed by atoms with Crippen molar-refractivity contribution in [1.29, 1.82) is 0 Å². The summed E-state index contributed by atoms with van der Waals surface area (Å²) in [5.41, 5.74) is 8.96. The van der Waals surface area contributed by atoms with Gasteiger partial charge in [0.25, 0.3) is 0 Å². The molecule has 3 heterocycles. The molecule has 1 atom stereocenters. The number of H-pyrrole nitrogens is 1. The quantitative estimate of drug-likeness (QED) is 0.530. The molecule has 0 aliphatic carbocycles. The molecule has 4 N–H and O–H groups in total. The van der Waals surface area contributed by atoms with Crippen LogP contribution >= 0.6 is 0 Å². The Kier molecular flexibility index (Phi) is 6.25. The van der Waals surface area contributed by atoms with Crippen molar-refractivity contribution in [2.75, 3.05) is 35.6 Å². The van der Waals surface area contributed by atoms with Gasteiger partial charge in [0, 0.05) is 25.3 Å². The molecule has 0 unspecified atom stereocenters. The van der Waals surface area contributed by atoms with E-state index < -0.39 is 11.8 Å². The highest BCUT2D eigenvalue weighted by Gasteiger charge is 2.32. The number of carbonyl (C=O) groups is 2. The predicted molar refractivity (Wildman–Crippen MR) is 125 cm³/mol. The molecule has 3 aromatic rings. The lowest BCUT2D eigenvalue weighted by molar-refractivity contribution is -0.145. The fraction of sp³-hybridized carbons (Fsp3) is 0.391. The summed E-state index contributed by atoms with van der Waals surface area (Å²) in [6.07, 6.45) is 5.69. The van der Waals surface area contributed by atoms with E-state index >= 15 is 0 Å². The number of rotatable bonds is 5. The number of anilines is 3. The Hall–Kier alpha value is -3.62. The minimum Gasteiger partial charge on any atom is -0.383 e. The van der Waals surface area contributed by atoms with Crippen LogP contribution in [0.3, 0.4) is 0 Å². The molecule has 1 aromatic carbocycles. The first-order chi connectivity index (χ1) is 15.5. The molecule has 0 spiro atoms. The summed E-state index contributed by atoms with van der Waals surface area (Å²) in [5.74, 6) is -0.936. The Balaban J connectivity index is 1.56. The molecule has 168 valence electrons. The number of likely N-dealkylation sites (tertiary alicyclic amines) is 1. The highest BCUT2D eigenvalue weighted by Crippen LogP contribution is 2.33. The van der Waals surface area contributed by atoms with Crippen LogP contribution in [0.2, 0.25) is 0 Å². The van der Waals surface area contributed by atoms with Crippen LogP contribution in [0.5, 0.6) is 0 Å². The molecule has 9 heteroatoms. The average molecular weight is 436 g/mol. The summed E-state index contributed by atoms with van der Waals surface area (Å²) >= 11 is 0. The molecule has 1 aliphatic heterocycles. The van der Waals surface area contributed by atoms with Gasteiger partial charge in [-0.2, -0.15) is 5.10 Å². The van der Waals surface area contributed by atoms with Crippen molar-refractivity contribution in [3.63, 3.8) is 0 Å². The molecule has 32 heavy (non-hydrogen) atoms. The van der Waals surface area contributed by atoms with E-state index in [4.69, 9.17) is 5.73 Å². The summed E-state index contributed by atoms with van der Waals surface area (Å²) in [5, 5.41) is 10.0. The van der Waals surface area contributed by atoms with Gasteiger partial charge in [0.1, 0.15) is 5.82 Å². The number of benzene rings is 1. The van der Waals surface area contributed by atoms with Gasteiger partial charge in [-0.3, -0.25) is 14.7 Å². The third-order valence-corrected chi connectivity index (χ3v) is 6.11. The zero-order chi connectivity index (χ0) is 22.7. The molecule has 0 saturated carbocycles. The number of pyridine rings is 1. The number of nitrogens with zero attached hydrogens (tertiary/aromatic N) is 4. The topological polar surface area (TPSA) is 120 Å². The Morgan fingerprint density at radius 1 is 1.25 bits per heavy atom. The largest absolute Gasteiger partial charge is 0.383 e. The van der Waals surface area contributed by atoms with Crippen molar-refractivity contribution in [2.24, 2.45) is 0 Å². The minimum absolute atomic E-state index is 0.130. The predicted octanol–water partition coefficient (Wildman–Crippen LogP) is 3.08. The standard InChI is InChI=1S/C23H29N7O2/c1-3-29(4-2)16-9-7-8-15(12-16)19-10-5-6-11-30(19)23(32)22(31)27-18-14-25-21(24)17-13-26-28-20(17)18/h7-9,12-14,19H,3-6,10-11H2,1-2H3,(H2,24,25)(H,26,28)(H,27,31)/t19-/m0/s1. The maximum atomic E-state index is 13.2. The number of amides is 2. The van der Waals surface area contributed by atoms with E-state index in [1.165, 1.54) is 6.20 Å². The van der Waals surface area contributed by atoms with Gasteiger partial charge in [0.2, 0.25) is 0 Å². The maximum Gasteiger partial charge on any atom is 0.314 e. The molecule has 2 aromatic heterocycles. The third kappa shape index (κ3) is 4.10. The van der Waals surface area contributed by atoms with Crippen molar-refractivity contribution in [1.82, 2.24) is 20.1 Å². The second kappa shape index (κ2) is 9.25. The maximum absolute atomic E-state index is 13.2. The van der Waals surface area contributed by atoms with Gasteiger partial charge in [-0.05, 0) is 50.8 Å². The first-order valence-corrected chi connectivity index (χ1v) is 11.1. The van der Waals surface area contributed by atoms with Crippen LogP contribution in [-0.2, 0) is 9.59 Å². The van der Waals surface area contributed by atoms with E-state index in [9.17, 15) is 9.59 Å². The molecule has 4 rings (SSSR count). The van der Waals surface area contributed by atoms with Crippen molar-refractivity contribution in [2.45, 2.75) is 39.2 Å². The van der Waals surface area contributed by atoms with E-state index in [0.717, 1.165) is 43.6 Å². The Morgan fingerprint density at radius 2 is 2.06 bits per heavy atom. The summed E-state index contributed by atoms with van der Waals surface area (Å²) in [6.45, 7) is 6.62. The van der Waals surface area contributed by atoms with Crippen molar-refractivity contribution in [3.8, 4) is 0 Å². The molecular formula is C23H29N7O2. The number of hydrogen-bond donors (Lipinski definition) is 3. The zero-order valence-electron chi connectivity index (χ0n) is 18.5. The molecule has 9 nitrogen and oxygen atoms in total. The Morgan fingerprint density at radius 3 is 2.84 bits per heavy atom. The van der Waals surface area contributed by atoms with E-state index in [2.05, 4.69) is 51.4 Å². The average Bonchev–Trinajstić information content (AvgIpc) is 3.33. The van der Waals surface area contributed by atoms with Crippen LogP contribution in [0.4, 0.5) is 17.2 Å². The van der Waals surface area contributed by atoms with Gasteiger partial charge in [0.15, 0.2) is 0 Å². The first kappa shape index (κ1) is 21.6. The molecule has 1 saturated heterocycles. The monoisotopic (exact) mass is 435 g/mol. The molecule has 0 radical (unpaired) electrons. The smallest absolute Gasteiger partial charge is 0.314 e. The normalized spacial score (nSPS) is 16.2. The number of aromatic nitrogens is 3. The van der Waals surface area contributed by atoms with Crippen molar-refractivity contribution in [3.05, 3.63) is 42.2 Å². The Bertz CT molecular complexity index is 1120. The number of fused-ring (bicyclic) bond motifs is 1. The van der Waals surface area contributed by atoms with Gasteiger partial charge in [-0.15, -0.1) is 0 Å². The Labute approximate surface area is 187 Å².